The van der Waals surface area contributed by atoms with Crippen LogP contribution in [0, 0.1) is 10.1 Å². The fourth-order valence-electron chi connectivity index (χ4n) is 1.84. The van der Waals surface area contributed by atoms with Crippen molar-refractivity contribution < 1.29 is 24.0 Å². The average Bonchev–Trinajstić information content (AvgIpc) is 2.62. The second-order valence-electron chi connectivity index (χ2n) is 5.37. The smallest absolute Gasteiger partial charge is 0.331 e. The van der Waals surface area contributed by atoms with Crippen molar-refractivity contribution in [3.05, 3.63) is 46.0 Å². The molecule has 0 heterocycles. The number of carbonyl (C=O) groups excluding carboxylic acids is 3. The molecule has 1 aromatic rings. The van der Waals surface area contributed by atoms with E-state index in [1.54, 1.807) is 6.07 Å². The topological polar surface area (TPSA) is 128 Å². The Hall–Kier alpha value is -3.23. The molecule has 0 unspecified atom stereocenters. The number of esters is 1. The quantitative estimate of drug-likeness (QED) is 0.293. The van der Waals surface area contributed by atoms with E-state index in [4.69, 9.17) is 4.74 Å². The van der Waals surface area contributed by atoms with E-state index in [1.807, 2.05) is 6.92 Å². The summed E-state index contributed by atoms with van der Waals surface area (Å²) >= 11 is 0. The maximum absolute atomic E-state index is 11.7. The maximum Gasteiger partial charge on any atom is 0.331 e. The highest BCUT2D eigenvalue weighted by Gasteiger charge is 2.15. The molecule has 0 saturated heterocycles. The molecule has 2 amide bonds. The summed E-state index contributed by atoms with van der Waals surface area (Å²) in [6.07, 6.45) is 3.18. The van der Waals surface area contributed by atoms with Crippen LogP contribution >= 0.6 is 0 Å². The zero-order valence-corrected chi connectivity index (χ0v) is 14.6. The van der Waals surface area contributed by atoms with Crippen LogP contribution in [0.5, 0.6) is 0 Å². The molecular formula is C17H21N3O6. The number of non-ortho nitro benzene ring substituents is 1. The number of carbonyl (C=O) groups is 3. The van der Waals surface area contributed by atoms with Crippen LogP contribution in [0.4, 0.5) is 5.69 Å². The van der Waals surface area contributed by atoms with Gasteiger partial charge in [-0.1, -0.05) is 19.1 Å². The lowest BCUT2D eigenvalue weighted by Crippen LogP contribution is -2.46. The van der Waals surface area contributed by atoms with Crippen LogP contribution in [0.25, 0.3) is 6.08 Å². The van der Waals surface area contributed by atoms with Gasteiger partial charge < -0.3 is 15.4 Å². The highest BCUT2D eigenvalue weighted by molar-refractivity contribution is 5.91. The van der Waals surface area contributed by atoms with Crippen molar-refractivity contribution in [3.63, 3.8) is 0 Å². The van der Waals surface area contributed by atoms with Crippen molar-refractivity contribution in [1.82, 2.24) is 10.6 Å². The molecule has 0 radical (unpaired) electrons. The summed E-state index contributed by atoms with van der Waals surface area (Å²) < 4.78 is 4.76. The first-order chi connectivity index (χ1) is 12.3. The Bertz CT molecular complexity index is 701. The average molecular weight is 363 g/mol. The van der Waals surface area contributed by atoms with Gasteiger partial charge in [-0.15, -0.1) is 0 Å². The lowest BCUT2D eigenvalue weighted by Gasteiger charge is -2.13. The minimum atomic E-state index is -0.783. The van der Waals surface area contributed by atoms with Crippen molar-refractivity contribution >= 4 is 29.5 Å². The Morgan fingerprint density at radius 2 is 2.08 bits per heavy atom. The van der Waals surface area contributed by atoms with E-state index in [9.17, 15) is 24.5 Å². The normalized spacial score (nSPS) is 11.6. The van der Waals surface area contributed by atoms with Crippen molar-refractivity contribution in [3.8, 4) is 0 Å². The van der Waals surface area contributed by atoms with E-state index >= 15 is 0 Å². The van der Waals surface area contributed by atoms with Gasteiger partial charge >= 0.3 is 5.97 Å². The van der Waals surface area contributed by atoms with Gasteiger partial charge in [0.2, 0.25) is 5.91 Å². The minimum absolute atomic E-state index is 0.102. The zero-order chi connectivity index (χ0) is 19.5. The monoisotopic (exact) mass is 363 g/mol. The molecule has 0 fully saturated rings. The van der Waals surface area contributed by atoms with E-state index in [2.05, 4.69) is 10.6 Å². The summed E-state index contributed by atoms with van der Waals surface area (Å²) in [6.45, 7) is 3.40. The molecule has 0 saturated carbocycles. The van der Waals surface area contributed by atoms with E-state index in [1.165, 1.54) is 31.2 Å². The molecule has 0 aromatic heterocycles. The van der Waals surface area contributed by atoms with Crippen molar-refractivity contribution in [2.45, 2.75) is 26.3 Å². The van der Waals surface area contributed by atoms with Gasteiger partial charge in [0.15, 0.2) is 6.61 Å². The molecule has 9 heteroatoms. The Labute approximate surface area is 150 Å². The van der Waals surface area contributed by atoms with Gasteiger partial charge in [0, 0.05) is 24.8 Å². The molecule has 9 nitrogen and oxygen atoms in total. The molecule has 0 aliphatic heterocycles. The molecule has 1 aromatic carbocycles. The van der Waals surface area contributed by atoms with Crippen LogP contribution in [0.15, 0.2) is 30.3 Å². The number of rotatable bonds is 9. The number of nitro groups is 1. The van der Waals surface area contributed by atoms with Gasteiger partial charge in [0.25, 0.3) is 11.6 Å². The number of nitrogens with one attached hydrogen (secondary N) is 2. The Morgan fingerprint density at radius 3 is 2.73 bits per heavy atom. The first-order valence-electron chi connectivity index (χ1n) is 7.99. The first kappa shape index (κ1) is 20.8. The van der Waals surface area contributed by atoms with Gasteiger partial charge in [-0.05, 0) is 25.0 Å². The molecule has 0 aliphatic carbocycles. The van der Waals surface area contributed by atoms with Crippen LogP contribution in [0.1, 0.15) is 25.8 Å². The van der Waals surface area contributed by atoms with Crippen molar-refractivity contribution in [2.24, 2.45) is 0 Å². The molecule has 26 heavy (non-hydrogen) atoms. The molecule has 2 N–H and O–H groups in total. The minimum Gasteiger partial charge on any atom is -0.452 e. The molecule has 1 atom stereocenters. The maximum atomic E-state index is 11.7. The van der Waals surface area contributed by atoms with Crippen molar-refractivity contribution in [1.29, 1.82) is 0 Å². The fourth-order valence-corrected chi connectivity index (χ4v) is 1.84. The summed E-state index contributed by atoms with van der Waals surface area (Å²) in [5, 5.41) is 15.7. The molecule has 140 valence electrons. The number of benzene rings is 1. The van der Waals surface area contributed by atoms with Crippen LogP contribution in [-0.4, -0.2) is 41.9 Å². The van der Waals surface area contributed by atoms with Gasteiger partial charge in [-0.3, -0.25) is 19.7 Å². The fraction of sp³-hybridized carbons (Fsp3) is 0.353. The van der Waals surface area contributed by atoms with Gasteiger partial charge in [0.05, 0.1) is 4.92 Å². The number of nitrogens with zero attached hydrogens (tertiary/aromatic N) is 1. The zero-order valence-electron chi connectivity index (χ0n) is 14.6. The predicted octanol–water partition coefficient (Wildman–Crippen LogP) is 1.18. The molecular weight excluding hydrogens is 342 g/mol. The summed E-state index contributed by atoms with van der Waals surface area (Å²) in [5.74, 6) is -1.71. The summed E-state index contributed by atoms with van der Waals surface area (Å²) in [5.41, 5.74) is 0.344. The van der Waals surface area contributed by atoms with Crippen LogP contribution in [0.2, 0.25) is 0 Å². The van der Waals surface area contributed by atoms with Crippen LogP contribution in [-0.2, 0) is 19.1 Å². The largest absolute Gasteiger partial charge is 0.452 e. The standard InChI is InChI=1S/C17H21N3O6/c1-3-9-18-17(23)12(2)19-15(21)11-26-16(22)8-7-13-5-4-6-14(10-13)20(24)25/h4-8,10,12H,3,9,11H2,1-2H3,(H,18,23)(H,19,21)/b8-7+/t12-/m1/s1. The van der Waals surface area contributed by atoms with Crippen LogP contribution < -0.4 is 10.6 Å². The highest BCUT2D eigenvalue weighted by Crippen LogP contribution is 2.14. The third kappa shape index (κ3) is 7.56. The SMILES string of the molecule is CCCNC(=O)[C@@H](C)NC(=O)COC(=O)/C=C/c1cccc([N+](=O)[O-])c1. The molecule has 1 rings (SSSR count). The molecule has 0 aliphatic rings. The first-order valence-corrected chi connectivity index (χ1v) is 7.99. The second kappa shape index (κ2) is 10.6. The number of ether oxygens (including phenoxy) is 1. The number of amides is 2. The Morgan fingerprint density at radius 1 is 1.35 bits per heavy atom. The molecule has 0 bridgehead atoms. The summed E-state index contributed by atoms with van der Waals surface area (Å²) in [4.78, 5) is 45.0. The lowest BCUT2D eigenvalue weighted by atomic mass is 10.2. The van der Waals surface area contributed by atoms with Gasteiger partial charge in [-0.2, -0.15) is 0 Å². The number of hydrogen-bond acceptors (Lipinski definition) is 6. The number of hydrogen-bond donors (Lipinski definition) is 2. The third-order valence-corrected chi connectivity index (χ3v) is 3.16. The van der Waals surface area contributed by atoms with Crippen LogP contribution in [0.3, 0.4) is 0 Å². The van der Waals surface area contributed by atoms with E-state index in [0.29, 0.717) is 12.1 Å². The van der Waals surface area contributed by atoms with E-state index < -0.39 is 29.4 Å². The third-order valence-electron chi connectivity index (χ3n) is 3.16. The number of nitro benzene ring substituents is 1. The predicted molar refractivity (Wildman–Crippen MR) is 94.0 cm³/mol. The van der Waals surface area contributed by atoms with Gasteiger partial charge in [0.1, 0.15) is 6.04 Å². The van der Waals surface area contributed by atoms with Gasteiger partial charge in [-0.25, -0.2) is 4.79 Å². The second-order valence-corrected chi connectivity index (χ2v) is 5.37. The summed E-state index contributed by atoms with van der Waals surface area (Å²) in [6, 6.07) is 4.96. The highest BCUT2D eigenvalue weighted by atomic mass is 16.6. The summed E-state index contributed by atoms with van der Waals surface area (Å²) in [7, 11) is 0. The van der Waals surface area contributed by atoms with Crippen molar-refractivity contribution in [2.75, 3.05) is 13.2 Å². The van der Waals surface area contributed by atoms with E-state index in [-0.39, 0.29) is 11.6 Å². The molecule has 0 spiro atoms. The Balaban J connectivity index is 2.44. The Kier molecular flexibility index (Phi) is 8.48. The van der Waals surface area contributed by atoms with E-state index in [0.717, 1.165) is 12.5 Å². The lowest BCUT2D eigenvalue weighted by molar-refractivity contribution is -0.384.